The molecule has 5 rings (SSSR count). The molecule has 2 aliphatic heterocycles. The van der Waals surface area contributed by atoms with Crippen LogP contribution in [0.15, 0.2) is 47.4 Å². The molecule has 3 amide bonds. The minimum atomic E-state index is 0.0457. The predicted molar refractivity (Wildman–Crippen MR) is 153 cm³/mol. The van der Waals surface area contributed by atoms with E-state index in [1.807, 2.05) is 21.2 Å². The van der Waals surface area contributed by atoms with E-state index in [1.165, 1.54) is 36.8 Å². The maximum Gasteiger partial charge on any atom is 0.317 e. The molecular weight excluding hydrogens is 494 g/mol. The van der Waals surface area contributed by atoms with Crippen molar-refractivity contribution in [3.05, 3.63) is 63.6 Å². The van der Waals surface area contributed by atoms with Crippen LogP contribution in [0.25, 0.3) is 0 Å². The highest BCUT2D eigenvalue weighted by Gasteiger charge is 2.29. The lowest BCUT2D eigenvalue weighted by molar-refractivity contribution is 0.0577. The number of hydrogen-bond acceptors (Lipinski definition) is 5. The topological polar surface area (TPSA) is 68.8 Å². The zero-order valence-electron chi connectivity index (χ0n) is 22.6. The molecule has 8 heteroatoms. The van der Waals surface area contributed by atoms with Gasteiger partial charge in [0.15, 0.2) is 0 Å². The first-order valence-corrected chi connectivity index (χ1v) is 15.2. The Balaban J connectivity index is 1.05. The van der Waals surface area contributed by atoms with Crippen LogP contribution in [-0.2, 0) is 0 Å². The Labute approximate surface area is 230 Å². The van der Waals surface area contributed by atoms with Crippen LogP contribution in [0.4, 0.5) is 4.79 Å². The third-order valence-electron chi connectivity index (χ3n) is 8.41. The second kappa shape index (κ2) is 12.9. The Bertz CT molecular complexity index is 1100. The largest absolute Gasteiger partial charge is 0.338 e. The molecule has 0 radical (unpaired) electrons. The van der Waals surface area contributed by atoms with Crippen molar-refractivity contribution in [2.75, 3.05) is 45.8 Å². The van der Waals surface area contributed by atoms with Crippen LogP contribution in [0.5, 0.6) is 0 Å². The molecule has 1 aliphatic carbocycles. The van der Waals surface area contributed by atoms with Crippen molar-refractivity contribution in [1.82, 2.24) is 25.0 Å². The summed E-state index contributed by atoms with van der Waals surface area (Å²) in [5.41, 5.74) is 3.39. The first-order valence-electron chi connectivity index (χ1n) is 14.3. The van der Waals surface area contributed by atoms with Crippen LogP contribution in [0.1, 0.15) is 84.9 Å². The van der Waals surface area contributed by atoms with Crippen LogP contribution in [0.2, 0.25) is 0 Å². The van der Waals surface area contributed by atoms with E-state index in [1.54, 1.807) is 11.3 Å². The first-order chi connectivity index (χ1) is 18.6. The second-order valence-corrected chi connectivity index (χ2v) is 11.7. The van der Waals surface area contributed by atoms with Crippen molar-refractivity contribution in [3.63, 3.8) is 0 Å². The lowest BCUT2D eigenvalue weighted by Gasteiger charge is -2.38. The van der Waals surface area contributed by atoms with Gasteiger partial charge in [-0.1, -0.05) is 42.0 Å². The molecule has 2 fully saturated rings. The van der Waals surface area contributed by atoms with E-state index < -0.39 is 0 Å². The van der Waals surface area contributed by atoms with Gasteiger partial charge < -0.3 is 15.1 Å². The van der Waals surface area contributed by atoms with E-state index in [9.17, 15) is 9.59 Å². The number of urea groups is 1. The molecular formula is C30H41N5O2S. The summed E-state index contributed by atoms with van der Waals surface area (Å²) in [6, 6.07) is 11.0. The van der Waals surface area contributed by atoms with E-state index in [0.29, 0.717) is 17.7 Å². The number of carbonyl (C=O) groups excluding carboxylic acids is 2. The molecule has 7 nitrogen and oxygen atoms in total. The van der Waals surface area contributed by atoms with Crippen molar-refractivity contribution in [2.24, 2.45) is 0 Å². The number of amides is 3. The van der Waals surface area contributed by atoms with E-state index in [-0.39, 0.29) is 11.9 Å². The Hall–Kier alpha value is -2.71. The number of piperazine rings is 1. The van der Waals surface area contributed by atoms with Crippen LogP contribution in [0.3, 0.4) is 0 Å². The number of benzene rings is 1. The number of rotatable bonds is 7. The maximum absolute atomic E-state index is 13.2. The number of nitrogens with zero attached hydrogens (tertiary/aromatic N) is 4. The Morgan fingerprint density at radius 2 is 1.79 bits per heavy atom. The lowest BCUT2D eigenvalue weighted by atomic mass is 9.97. The fraction of sp³-hybridized carbons (Fsp3) is 0.567. The quantitative estimate of drug-likeness (QED) is 0.480. The molecule has 0 bridgehead atoms. The van der Waals surface area contributed by atoms with Gasteiger partial charge in [0.2, 0.25) is 0 Å². The number of nitrogens with one attached hydrogen (secondary N) is 1. The van der Waals surface area contributed by atoms with Gasteiger partial charge in [0.05, 0.1) is 5.01 Å². The number of allylic oxidation sites excluding steroid dienone is 1. The van der Waals surface area contributed by atoms with Gasteiger partial charge in [-0.3, -0.25) is 9.69 Å². The van der Waals surface area contributed by atoms with E-state index in [2.05, 4.69) is 47.5 Å². The van der Waals surface area contributed by atoms with Crippen molar-refractivity contribution in [3.8, 4) is 0 Å². The highest BCUT2D eigenvalue weighted by Crippen LogP contribution is 2.31. The molecule has 1 aromatic heterocycles. The van der Waals surface area contributed by atoms with Gasteiger partial charge in [-0.25, -0.2) is 9.78 Å². The van der Waals surface area contributed by atoms with Crippen molar-refractivity contribution in [1.29, 1.82) is 0 Å². The molecule has 1 aromatic carbocycles. The summed E-state index contributed by atoms with van der Waals surface area (Å²) < 4.78 is 0. The summed E-state index contributed by atoms with van der Waals surface area (Å²) in [5.74, 6) is 0.367. The molecule has 0 spiro atoms. The highest BCUT2D eigenvalue weighted by molar-refractivity contribution is 7.09. The third kappa shape index (κ3) is 6.64. The number of hydrogen-bond donors (Lipinski definition) is 1. The third-order valence-corrected chi connectivity index (χ3v) is 9.42. The number of piperidine rings is 1. The van der Waals surface area contributed by atoms with Gasteiger partial charge in [0.1, 0.15) is 5.69 Å². The minimum absolute atomic E-state index is 0.0457. The van der Waals surface area contributed by atoms with Crippen LogP contribution >= 0.6 is 11.3 Å². The fourth-order valence-corrected chi connectivity index (χ4v) is 6.86. The SMILES string of the molecule is CC(c1ccccc1)N1CCN(C(=O)c2csc(C3CCN(C(=O)NCCC4=CCCCC4)CC3)n2)CC1. The normalized spacial score (nSPS) is 20.2. The monoisotopic (exact) mass is 535 g/mol. The summed E-state index contributed by atoms with van der Waals surface area (Å²) in [4.78, 5) is 36.9. The van der Waals surface area contributed by atoms with E-state index in [4.69, 9.17) is 4.98 Å². The Morgan fingerprint density at radius 1 is 1.03 bits per heavy atom. The molecule has 38 heavy (non-hydrogen) atoms. The van der Waals surface area contributed by atoms with Crippen molar-refractivity contribution >= 4 is 23.3 Å². The Morgan fingerprint density at radius 3 is 2.50 bits per heavy atom. The molecule has 2 saturated heterocycles. The van der Waals surface area contributed by atoms with Gasteiger partial charge >= 0.3 is 6.03 Å². The summed E-state index contributed by atoms with van der Waals surface area (Å²) in [6.07, 6.45) is 10.1. The molecule has 3 heterocycles. The summed E-state index contributed by atoms with van der Waals surface area (Å²) >= 11 is 1.60. The van der Waals surface area contributed by atoms with Crippen molar-refractivity contribution < 1.29 is 9.59 Å². The molecule has 0 saturated carbocycles. The summed E-state index contributed by atoms with van der Waals surface area (Å²) in [5, 5.41) is 6.07. The first kappa shape index (κ1) is 26.9. The molecule has 1 unspecified atom stereocenters. The van der Waals surface area contributed by atoms with Gasteiger partial charge in [0.25, 0.3) is 5.91 Å². The predicted octanol–water partition coefficient (Wildman–Crippen LogP) is 5.44. The molecule has 204 valence electrons. The van der Waals surface area contributed by atoms with Crippen LogP contribution < -0.4 is 5.32 Å². The van der Waals surface area contributed by atoms with E-state index in [0.717, 1.165) is 70.1 Å². The van der Waals surface area contributed by atoms with Crippen molar-refractivity contribution in [2.45, 2.75) is 63.8 Å². The Kier molecular flexibility index (Phi) is 9.12. The maximum atomic E-state index is 13.2. The van der Waals surface area contributed by atoms with Crippen LogP contribution in [-0.4, -0.2) is 77.4 Å². The standard InChI is InChI=1S/C30H41N5O2S/c1-23(25-10-6-3-7-11-25)33-18-20-34(21-19-33)29(36)27-22-38-28(32-27)26-13-16-35(17-14-26)30(37)31-15-12-24-8-4-2-5-9-24/h3,6-8,10-11,22-23,26H,2,4-5,9,12-21H2,1H3,(H,31,37). The fourth-order valence-electron chi connectivity index (χ4n) is 5.89. The number of thiazole rings is 1. The van der Waals surface area contributed by atoms with Gasteiger partial charge in [-0.2, -0.15) is 0 Å². The molecule has 3 aliphatic rings. The zero-order chi connectivity index (χ0) is 26.3. The lowest BCUT2D eigenvalue weighted by Crippen LogP contribution is -2.49. The number of carbonyl (C=O) groups is 2. The average molecular weight is 536 g/mol. The second-order valence-electron chi connectivity index (χ2n) is 10.8. The molecule has 1 atom stereocenters. The van der Waals surface area contributed by atoms with Gasteiger partial charge in [0, 0.05) is 63.2 Å². The molecule has 2 aromatic rings. The minimum Gasteiger partial charge on any atom is -0.338 e. The number of aromatic nitrogens is 1. The highest BCUT2D eigenvalue weighted by atomic mass is 32.1. The van der Waals surface area contributed by atoms with Gasteiger partial charge in [-0.05, 0) is 57.4 Å². The number of likely N-dealkylation sites (tertiary alicyclic amines) is 1. The van der Waals surface area contributed by atoms with Crippen LogP contribution in [0, 0.1) is 0 Å². The molecule has 1 N–H and O–H groups in total. The average Bonchev–Trinajstić information content (AvgIpc) is 3.48. The van der Waals surface area contributed by atoms with Gasteiger partial charge in [-0.15, -0.1) is 11.3 Å². The van der Waals surface area contributed by atoms with E-state index >= 15 is 0 Å². The smallest absolute Gasteiger partial charge is 0.317 e. The summed E-state index contributed by atoms with van der Waals surface area (Å²) in [6.45, 7) is 7.65. The summed E-state index contributed by atoms with van der Waals surface area (Å²) in [7, 11) is 0. The zero-order valence-corrected chi connectivity index (χ0v) is 23.4.